The van der Waals surface area contributed by atoms with Gasteiger partial charge in [-0.1, -0.05) is 36.5 Å². The molecule has 0 radical (unpaired) electrons. The molecule has 0 fully saturated rings. The minimum absolute atomic E-state index is 0.641. The van der Waals surface area contributed by atoms with E-state index in [0.717, 1.165) is 18.6 Å². The molecule has 18 heavy (non-hydrogen) atoms. The molecule has 2 aliphatic rings. The molecule has 0 heterocycles. The van der Waals surface area contributed by atoms with Crippen molar-refractivity contribution in [2.24, 2.45) is 0 Å². The molecular weight excluding hydrogens is 226 g/mol. The van der Waals surface area contributed by atoms with E-state index in [0.29, 0.717) is 17.9 Å². The van der Waals surface area contributed by atoms with Crippen molar-refractivity contribution >= 4 is 6.41 Å². The Morgan fingerprint density at radius 3 is 2.83 bits per heavy atom. The molecule has 0 saturated heterocycles. The first-order chi connectivity index (χ1) is 8.90. The van der Waals surface area contributed by atoms with Gasteiger partial charge in [0.25, 0.3) is 0 Å². The summed E-state index contributed by atoms with van der Waals surface area (Å²) in [7, 11) is 0. The van der Waals surface area contributed by atoms with Gasteiger partial charge >= 0.3 is 0 Å². The summed E-state index contributed by atoms with van der Waals surface area (Å²) in [5.74, 6) is 1.39. The molecular formula is C15H15NO2. The lowest BCUT2D eigenvalue weighted by Crippen LogP contribution is -2.13. The van der Waals surface area contributed by atoms with Crippen LogP contribution in [0.4, 0.5) is 0 Å². The van der Waals surface area contributed by atoms with Gasteiger partial charge in [-0.15, -0.1) is 0 Å². The smallest absolute Gasteiger partial charge is 0.211 e. The van der Waals surface area contributed by atoms with E-state index in [9.17, 15) is 4.79 Å². The number of carbonyl (C=O) groups excluding carboxylic acids is 1. The molecule has 0 saturated carbocycles. The monoisotopic (exact) mass is 241 g/mol. The van der Waals surface area contributed by atoms with Crippen LogP contribution in [-0.4, -0.2) is 6.41 Å². The maximum Gasteiger partial charge on any atom is 0.211 e. The zero-order valence-electron chi connectivity index (χ0n) is 10.0. The van der Waals surface area contributed by atoms with Crippen LogP contribution in [0.5, 0.6) is 0 Å². The second-order valence-corrected chi connectivity index (χ2v) is 3.81. The number of hydrogen-bond donors (Lipinski definition) is 1. The van der Waals surface area contributed by atoms with Crippen molar-refractivity contribution in [1.29, 1.82) is 0 Å². The highest BCUT2D eigenvalue weighted by molar-refractivity contribution is 5.53. The highest BCUT2D eigenvalue weighted by Gasteiger charge is 2.08. The molecule has 92 valence electrons. The first-order valence-electron chi connectivity index (χ1n) is 5.89. The van der Waals surface area contributed by atoms with Gasteiger partial charge in [-0.25, -0.2) is 0 Å². The predicted molar refractivity (Wildman–Crippen MR) is 71.2 cm³/mol. The van der Waals surface area contributed by atoms with Crippen molar-refractivity contribution in [2.45, 2.75) is 12.8 Å². The van der Waals surface area contributed by atoms with Crippen LogP contribution in [0.2, 0.25) is 0 Å². The van der Waals surface area contributed by atoms with E-state index in [2.05, 4.69) is 11.4 Å². The standard InChI is InChI=1S/C15H15NO2/c17-12-16-14-10-6-3-7-11-15(14)18-13-8-4-1-2-5-9-13/h1,3-5,7-12H,2,6H2,(H,16,17). The third-order valence-electron chi connectivity index (χ3n) is 2.50. The molecule has 1 amide bonds. The van der Waals surface area contributed by atoms with Gasteiger partial charge in [-0.2, -0.15) is 0 Å². The zero-order valence-corrected chi connectivity index (χ0v) is 10.0. The summed E-state index contributed by atoms with van der Waals surface area (Å²) in [5, 5.41) is 2.66. The number of carbonyl (C=O) groups is 1. The van der Waals surface area contributed by atoms with Gasteiger partial charge in [0, 0.05) is 0 Å². The Bertz CT molecular complexity index is 491. The number of nitrogens with one attached hydrogen (secondary N) is 1. The molecule has 1 N–H and O–H groups in total. The Hall–Kier alpha value is -2.29. The summed E-state index contributed by atoms with van der Waals surface area (Å²) in [5.41, 5.74) is 0.692. The summed E-state index contributed by atoms with van der Waals surface area (Å²) in [6, 6.07) is 0. The quantitative estimate of drug-likeness (QED) is 0.768. The van der Waals surface area contributed by atoms with Crippen molar-refractivity contribution in [1.82, 2.24) is 5.32 Å². The number of hydrogen-bond acceptors (Lipinski definition) is 2. The average molecular weight is 241 g/mol. The summed E-state index contributed by atoms with van der Waals surface area (Å²) in [4.78, 5) is 10.6. The van der Waals surface area contributed by atoms with Crippen LogP contribution in [0, 0.1) is 0 Å². The van der Waals surface area contributed by atoms with Crippen LogP contribution >= 0.6 is 0 Å². The first-order valence-corrected chi connectivity index (χ1v) is 5.89. The van der Waals surface area contributed by atoms with Crippen LogP contribution in [0.3, 0.4) is 0 Å². The van der Waals surface area contributed by atoms with Crippen LogP contribution in [0.15, 0.2) is 71.9 Å². The predicted octanol–water partition coefficient (Wildman–Crippen LogP) is 2.88. The number of rotatable bonds is 4. The summed E-state index contributed by atoms with van der Waals surface area (Å²) >= 11 is 0. The summed E-state index contributed by atoms with van der Waals surface area (Å²) in [6.45, 7) is 0. The van der Waals surface area contributed by atoms with Crippen molar-refractivity contribution in [3.63, 3.8) is 0 Å². The van der Waals surface area contributed by atoms with E-state index in [1.54, 1.807) is 0 Å². The lowest BCUT2D eigenvalue weighted by Gasteiger charge is -2.12. The fraction of sp³-hybridized carbons (Fsp3) is 0.133. The fourth-order valence-corrected chi connectivity index (χ4v) is 1.65. The van der Waals surface area contributed by atoms with Crippen molar-refractivity contribution in [2.75, 3.05) is 0 Å². The number of ether oxygens (including phenoxy) is 1. The Labute approximate surface area is 107 Å². The highest BCUT2D eigenvalue weighted by Crippen LogP contribution is 2.19. The average Bonchev–Trinajstić information content (AvgIpc) is 2.74. The van der Waals surface area contributed by atoms with Gasteiger partial charge in [0.05, 0.1) is 5.70 Å². The van der Waals surface area contributed by atoms with E-state index in [1.807, 2.05) is 48.6 Å². The normalized spacial score (nSPS) is 18.1. The van der Waals surface area contributed by atoms with Crippen LogP contribution in [0.25, 0.3) is 0 Å². The molecule has 0 aromatic heterocycles. The fourth-order valence-electron chi connectivity index (χ4n) is 1.65. The van der Waals surface area contributed by atoms with Gasteiger partial charge in [-0.05, 0) is 31.1 Å². The molecule has 3 nitrogen and oxygen atoms in total. The third-order valence-corrected chi connectivity index (χ3v) is 2.50. The Morgan fingerprint density at radius 1 is 1.11 bits per heavy atom. The van der Waals surface area contributed by atoms with E-state index in [4.69, 9.17) is 4.74 Å². The largest absolute Gasteiger partial charge is 0.455 e. The van der Waals surface area contributed by atoms with Crippen molar-refractivity contribution in [3.05, 3.63) is 71.9 Å². The minimum atomic E-state index is 0.641. The molecule has 0 bridgehead atoms. The maximum absolute atomic E-state index is 10.6. The molecule has 2 rings (SSSR count). The lowest BCUT2D eigenvalue weighted by molar-refractivity contribution is -0.109. The van der Waals surface area contributed by atoms with Gasteiger partial charge < -0.3 is 10.1 Å². The van der Waals surface area contributed by atoms with Gasteiger partial charge in [0.1, 0.15) is 5.76 Å². The summed E-state index contributed by atoms with van der Waals surface area (Å²) < 4.78 is 5.80. The topological polar surface area (TPSA) is 38.3 Å². The molecule has 0 spiro atoms. The molecule has 0 aromatic rings. The molecule has 0 atom stereocenters. The Morgan fingerprint density at radius 2 is 1.94 bits per heavy atom. The van der Waals surface area contributed by atoms with Crippen molar-refractivity contribution in [3.8, 4) is 0 Å². The molecule has 0 aliphatic heterocycles. The zero-order chi connectivity index (χ0) is 12.6. The lowest BCUT2D eigenvalue weighted by atomic mass is 10.3. The van der Waals surface area contributed by atoms with Crippen LogP contribution in [-0.2, 0) is 9.53 Å². The van der Waals surface area contributed by atoms with Crippen LogP contribution < -0.4 is 5.32 Å². The second kappa shape index (κ2) is 6.45. The molecule has 0 unspecified atom stereocenters. The van der Waals surface area contributed by atoms with Crippen molar-refractivity contribution < 1.29 is 9.53 Å². The molecule has 3 heteroatoms. The van der Waals surface area contributed by atoms with Gasteiger partial charge in [-0.3, -0.25) is 4.79 Å². The minimum Gasteiger partial charge on any atom is -0.455 e. The first kappa shape index (κ1) is 12.2. The molecule has 0 aromatic carbocycles. The number of amides is 1. The van der Waals surface area contributed by atoms with Crippen LogP contribution in [0.1, 0.15) is 12.8 Å². The Kier molecular flexibility index (Phi) is 4.36. The number of allylic oxidation sites excluding steroid dienone is 9. The summed E-state index contributed by atoms with van der Waals surface area (Å²) in [6.07, 6.45) is 19.9. The van der Waals surface area contributed by atoms with E-state index in [-0.39, 0.29) is 0 Å². The second-order valence-electron chi connectivity index (χ2n) is 3.81. The Balaban J connectivity index is 2.17. The van der Waals surface area contributed by atoms with Gasteiger partial charge in [0.2, 0.25) is 6.41 Å². The highest BCUT2D eigenvalue weighted by atomic mass is 16.5. The van der Waals surface area contributed by atoms with E-state index < -0.39 is 0 Å². The van der Waals surface area contributed by atoms with Gasteiger partial charge in [0.15, 0.2) is 5.76 Å². The maximum atomic E-state index is 10.6. The molecule has 2 aliphatic carbocycles. The third kappa shape index (κ3) is 3.35. The SMILES string of the molecule is O=CNC1=CCC=CC=C1OC1=CC=CCC=C1. The van der Waals surface area contributed by atoms with E-state index >= 15 is 0 Å². The van der Waals surface area contributed by atoms with E-state index in [1.165, 1.54) is 0 Å².